The number of hydrogen-bond donors (Lipinski definition) is 0. The van der Waals surface area contributed by atoms with E-state index in [1.807, 2.05) is 0 Å². The molecule has 0 N–H and O–H groups in total. The van der Waals surface area contributed by atoms with E-state index in [0.29, 0.717) is 5.92 Å². The predicted molar refractivity (Wildman–Crippen MR) is 142 cm³/mol. The van der Waals surface area contributed by atoms with E-state index in [0.717, 1.165) is 13.0 Å². The van der Waals surface area contributed by atoms with Gasteiger partial charge in [0.25, 0.3) is 0 Å². The van der Waals surface area contributed by atoms with Crippen LogP contribution in [0.3, 0.4) is 0 Å². The molecular weight excluding hydrogens is 571 g/mol. The van der Waals surface area contributed by atoms with Crippen molar-refractivity contribution in [3.63, 3.8) is 0 Å². The molecule has 3 aromatic rings. The van der Waals surface area contributed by atoms with Gasteiger partial charge in [-0.05, 0) is 48.7 Å². The molecule has 0 fully saturated rings. The van der Waals surface area contributed by atoms with Crippen molar-refractivity contribution in [1.82, 2.24) is 0 Å². The van der Waals surface area contributed by atoms with Crippen LogP contribution in [0.4, 0.5) is 0 Å². The number of rotatable bonds is 6. The second kappa shape index (κ2) is 13.7. The predicted octanol–water partition coefficient (Wildman–Crippen LogP) is 1.75. The zero-order valence-electron chi connectivity index (χ0n) is 21.4. The van der Waals surface area contributed by atoms with Crippen molar-refractivity contribution in [2.75, 3.05) is 6.61 Å². The van der Waals surface area contributed by atoms with Crippen LogP contribution in [0.1, 0.15) is 42.9 Å². The first kappa shape index (κ1) is 31.5. The van der Waals surface area contributed by atoms with Gasteiger partial charge in [0.15, 0.2) is 8.32 Å². The monoisotopic (exact) mass is 604 g/mol. The minimum atomic E-state index is -1.49. The molecule has 181 valence electrons. The summed E-state index contributed by atoms with van der Waals surface area (Å²) in [6.45, 7) is 16.8. The molecule has 1 radical (unpaired) electrons. The van der Waals surface area contributed by atoms with Crippen LogP contribution in [0.5, 0.6) is 0 Å². The van der Waals surface area contributed by atoms with Crippen LogP contribution in [0.25, 0.3) is 16.3 Å². The van der Waals surface area contributed by atoms with E-state index in [9.17, 15) is 0 Å². The van der Waals surface area contributed by atoms with Gasteiger partial charge < -0.3 is 29.2 Å². The Balaban J connectivity index is 0.000000895. The largest absolute Gasteiger partial charge is 1.00 e. The molecule has 1 unspecified atom stereocenters. The number of hydrogen-bond acceptors (Lipinski definition) is 1. The minimum Gasteiger partial charge on any atom is -1.00 e. The fourth-order valence-electron chi connectivity index (χ4n) is 4.57. The zero-order chi connectivity index (χ0) is 23.5. The summed E-state index contributed by atoms with van der Waals surface area (Å²) in [6.07, 6.45) is 1.03. The number of halogens is 2. The first-order valence-corrected chi connectivity index (χ1v) is 18.7. The number of allylic oxidation sites excluding steroid dienone is 1. The zero-order valence-corrected chi connectivity index (χ0v) is 27.4. The molecule has 6 heteroatoms. The van der Waals surface area contributed by atoms with Crippen LogP contribution in [0.2, 0.25) is 32.7 Å². The van der Waals surface area contributed by atoms with Crippen molar-refractivity contribution in [2.24, 2.45) is 0 Å². The van der Waals surface area contributed by atoms with Crippen molar-refractivity contribution in [3.8, 4) is 0 Å². The SMILES string of the molecule is C[C](C)=[Zr+2].C[Si](C)C1=C(CCO[Si](C)(C)C)c2ccccc2C1[c-]1ccc2ccccc21.[Cl-].[Cl-]. The summed E-state index contributed by atoms with van der Waals surface area (Å²) in [7, 11) is -2.09. The molecule has 34 heavy (non-hydrogen) atoms. The molecule has 0 amide bonds. The third kappa shape index (κ3) is 7.76. The van der Waals surface area contributed by atoms with E-state index in [1.54, 1.807) is 35.0 Å². The fraction of sp³-hybridized carbons (Fsp3) is 0.357. The maximum Gasteiger partial charge on any atom is 0.183 e. The molecule has 0 aliphatic heterocycles. The fourth-order valence-corrected chi connectivity index (χ4v) is 7.03. The summed E-state index contributed by atoms with van der Waals surface area (Å²) in [5.74, 6) is 0.405. The maximum atomic E-state index is 6.25. The van der Waals surface area contributed by atoms with Crippen LogP contribution in [-0.4, -0.2) is 26.9 Å². The van der Waals surface area contributed by atoms with Crippen LogP contribution < -0.4 is 24.8 Å². The molecule has 1 aliphatic rings. The summed E-state index contributed by atoms with van der Waals surface area (Å²) in [5, 5.41) is 4.44. The van der Waals surface area contributed by atoms with Crippen molar-refractivity contribution in [2.45, 2.75) is 58.9 Å². The Morgan fingerprint density at radius 1 is 0.971 bits per heavy atom. The van der Waals surface area contributed by atoms with Crippen LogP contribution in [0.15, 0.2) is 65.9 Å². The Hall–Kier alpha value is -0.483. The summed E-state index contributed by atoms with van der Waals surface area (Å²) in [6, 6.07) is 22.5. The topological polar surface area (TPSA) is 9.23 Å². The van der Waals surface area contributed by atoms with Gasteiger partial charge in [-0.25, -0.2) is 0 Å². The van der Waals surface area contributed by atoms with E-state index >= 15 is 0 Å². The number of fused-ring (bicyclic) bond motifs is 2. The molecule has 3 aromatic carbocycles. The van der Waals surface area contributed by atoms with Gasteiger partial charge in [-0.15, -0.1) is 40.6 Å². The second-order valence-electron chi connectivity index (χ2n) is 10.00. The Morgan fingerprint density at radius 2 is 1.56 bits per heavy atom. The minimum absolute atomic E-state index is 0. The summed E-state index contributed by atoms with van der Waals surface area (Å²) in [4.78, 5) is 0. The van der Waals surface area contributed by atoms with Gasteiger partial charge in [0.1, 0.15) is 0 Å². The smallest absolute Gasteiger partial charge is 0.183 e. The van der Waals surface area contributed by atoms with Crippen molar-refractivity contribution in [1.29, 1.82) is 0 Å². The molecule has 4 rings (SSSR count). The van der Waals surface area contributed by atoms with Gasteiger partial charge in [-0.2, -0.15) is 6.07 Å². The molecule has 0 saturated heterocycles. The molecule has 0 heterocycles. The maximum absolute atomic E-state index is 6.25. The third-order valence-electron chi connectivity index (χ3n) is 5.66. The Labute approximate surface area is 236 Å². The van der Waals surface area contributed by atoms with Crippen LogP contribution in [0, 0.1) is 0 Å². The van der Waals surface area contributed by atoms with Gasteiger partial charge in [-0.1, -0.05) is 48.6 Å². The average Bonchev–Trinajstić information content (AvgIpc) is 3.26. The van der Waals surface area contributed by atoms with Gasteiger partial charge in [0.2, 0.25) is 0 Å². The first-order valence-electron chi connectivity index (χ1n) is 11.5. The molecule has 0 bridgehead atoms. The quantitative estimate of drug-likeness (QED) is 0.307. The van der Waals surface area contributed by atoms with E-state index in [4.69, 9.17) is 4.43 Å². The Bertz CT molecular complexity index is 1120. The first-order chi connectivity index (χ1) is 15.1. The summed E-state index contributed by atoms with van der Waals surface area (Å²) >= 11 is 1.55. The molecule has 0 spiro atoms. The standard InChI is InChI=1S/C25H30OSi2.C3H6.2ClH.Zr/c1-27(2)25-23(16-17-26-28(3,4)5)20-12-8-9-13-21(20)24(25)22-15-14-18-10-6-7-11-19(18)22;1-3-2;;;/h6-15,24H,16-17H2,1-5H3;1-2H3;2*1H;/q-1;;;;+2/p-2. The summed E-state index contributed by atoms with van der Waals surface area (Å²) < 4.78 is 7.75. The van der Waals surface area contributed by atoms with Gasteiger partial charge in [-0.3, -0.25) is 0 Å². The van der Waals surface area contributed by atoms with Crippen molar-refractivity contribution < 1.29 is 53.5 Å². The molecule has 0 aromatic heterocycles. The van der Waals surface area contributed by atoms with E-state index in [-0.39, 0.29) is 24.8 Å². The molecule has 1 nitrogen and oxygen atoms in total. The van der Waals surface area contributed by atoms with E-state index < -0.39 is 17.1 Å². The van der Waals surface area contributed by atoms with Crippen molar-refractivity contribution >= 4 is 36.7 Å². The number of benzene rings is 2. The van der Waals surface area contributed by atoms with Gasteiger partial charge in [0, 0.05) is 6.61 Å². The van der Waals surface area contributed by atoms with Crippen molar-refractivity contribution in [3.05, 3.63) is 82.6 Å². The van der Waals surface area contributed by atoms with E-state index in [1.165, 1.54) is 30.7 Å². The van der Waals surface area contributed by atoms with Crippen LogP contribution >= 0.6 is 0 Å². The molecule has 1 aliphatic carbocycles. The second-order valence-corrected chi connectivity index (χ2v) is 19.5. The molecule has 0 saturated carbocycles. The molecule has 1 atom stereocenters. The Kier molecular flexibility index (Phi) is 12.7. The van der Waals surface area contributed by atoms with Crippen LogP contribution in [-0.2, 0) is 28.7 Å². The Morgan fingerprint density at radius 3 is 2.18 bits per heavy atom. The van der Waals surface area contributed by atoms with Gasteiger partial charge in [0.05, 0.1) is 8.80 Å². The van der Waals surface area contributed by atoms with E-state index in [2.05, 4.69) is 107 Å². The third-order valence-corrected chi connectivity index (χ3v) is 8.40. The van der Waals surface area contributed by atoms with Gasteiger partial charge >= 0.3 is 41.3 Å². The normalized spacial score (nSPS) is 14.8. The summed E-state index contributed by atoms with van der Waals surface area (Å²) in [5.41, 5.74) is 5.98. The average molecular weight is 607 g/mol. The molecular formula is C28H36Cl2OSi2Zr-.